The van der Waals surface area contributed by atoms with Gasteiger partial charge in [0.05, 0.1) is 124 Å². The van der Waals surface area contributed by atoms with Crippen LogP contribution in [0.5, 0.6) is 11.5 Å². The van der Waals surface area contributed by atoms with Crippen molar-refractivity contribution in [2.45, 2.75) is 85.1 Å². The van der Waals surface area contributed by atoms with Crippen LogP contribution < -0.4 is 24.5 Å². The third-order valence-corrected chi connectivity index (χ3v) is 25.5. The SMILES string of the molecule is C=CCCn1cnc2c(-c3ccc4cc[nH]c4c3)nc(N3CCOCC3)nc21.C=CCCn1cnc2c(-c3cccc(O)c3)nc(N3CCOCC3)nc21.CCOC(=O)CCn1cnc2c(-c3ccc4cc[nH]c4c3)nc(N3CCOCC3)nc21.CCOC(=O)CCn1cnc2c(-c3cccc(O)c3)nc(N3CCOCC3)nc21.c1cc2ccc(-c3nc(N4CCOCC4)nc4c3ncn4CC3CC3)cc2[nH]1. The van der Waals surface area contributed by atoms with E-state index in [4.69, 9.17) is 88.0 Å². The van der Waals surface area contributed by atoms with Crippen LogP contribution in [-0.2, 0) is 75.5 Å². The molecule has 142 heavy (non-hydrogen) atoms. The number of rotatable bonds is 26. The molecule has 39 heteroatoms. The van der Waals surface area contributed by atoms with Gasteiger partial charge < -0.3 is 106 Å². The van der Waals surface area contributed by atoms with Crippen LogP contribution in [0.15, 0.2) is 197 Å². The number of phenols is 2. The normalized spacial score (nSPS) is 15.2. The molecule has 5 aromatic carbocycles. The number of morpholine rings is 5. The lowest BCUT2D eigenvalue weighted by Gasteiger charge is -2.27. The maximum absolute atomic E-state index is 11.9. The minimum atomic E-state index is -0.259. The highest BCUT2D eigenvalue weighted by atomic mass is 16.5. The molecule has 0 amide bonds. The van der Waals surface area contributed by atoms with E-state index in [1.807, 2.05) is 81.4 Å². The second-order valence-corrected chi connectivity index (χ2v) is 35.0. The minimum absolute atomic E-state index is 0.156. The zero-order valence-corrected chi connectivity index (χ0v) is 79.4. The predicted octanol–water partition coefficient (Wildman–Crippen LogP) is 14.0. The lowest BCUT2D eigenvalue weighted by Crippen LogP contribution is -2.37. The van der Waals surface area contributed by atoms with E-state index in [1.165, 1.54) is 23.6 Å². The van der Waals surface area contributed by atoms with Gasteiger partial charge in [0, 0.05) is 161 Å². The third kappa shape index (κ3) is 21.4. The Morgan fingerprint density at radius 2 is 0.634 bits per heavy atom. The molecule has 1 saturated carbocycles. The Morgan fingerprint density at radius 3 is 0.908 bits per heavy atom. The highest BCUT2D eigenvalue weighted by molar-refractivity contribution is 5.97. The van der Waals surface area contributed by atoms with E-state index < -0.39 is 0 Å². The minimum Gasteiger partial charge on any atom is -0.508 e. The zero-order valence-electron chi connectivity index (χ0n) is 79.4. The first-order chi connectivity index (χ1) is 69.8. The van der Waals surface area contributed by atoms with Gasteiger partial charge in [0.15, 0.2) is 28.2 Å². The Hall–Kier alpha value is -15.7. The van der Waals surface area contributed by atoms with Crippen LogP contribution in [0.25, 0.3) is 145 Å². The molecule has 18 aromatic rings. The molecule has 6 aliphatic rings. The largest absolute Gasteiger partial charge is 0.508 e. The molecule has 1 aliphatic carbocycles. The van der Waals surface area contributed by atoms with E-state index in [0.717, 1.165) is 209 Å². The molecule has 5 aliphatic heterocycles. The number of aromatic hydroxyl groups is 2. The third-order valence-electron chi connectivity index (χ3n) is 25.5. The standard InChI is InChI=1S/C22H24N6O3.2C21H22N6O.C20H23N5O4.C19H21N5O2/c1-2-31-18(29)6-8-28-14-24-20-19(16-4-3-15-5-7-23-17(15)13-16)25-22(26-21(20)28)27-9-11-30-12-10-27;1-2-14(1)12-27-13-23-19-18(16-4-3-15-5-6-22-17(15)11-16)24-21(25-20(19)27)26-7-9-28-10-8-26;1-2-3-8-27-14-23-19-18(16-5-4-15-6-7-22-17(15)13-16)24-21(25-20(19)27)26-9-11-28-12-10-26;1-2-29-16(27)6-7-25-13-21-18-17(14-4-3-5-15(26)12-14)22-20(23-19(18)25)24-8-10-28-11-9-24;1-2-3-7-24-13-20-17-16(14-5-4-6-15(25)12-14)21-19(22-18(17)24)23-8-10-26-11-9-23/h3-5,7,13-14,23H,2,6,8-12H2,1H3;3-6,11,13-14,22H,1-2,7-10,12H2;2,4-7,13-14,22H,1,3,8-12H2;3-5,12-13,26H,2,6-11H2,1H3;2,4-6,12-13,25H,1,3,7-11H2. The summed E-state index contributed by atoms with van der Waals surface area (Å²) < 4.78 is 47.5. The molecule has 730 valence electrons. The van der Waals surface area contributed by atoms with Crippen LogP contribution in [0.1, 0.15) is 52.4 Å². The molecule has 13 aromatic heterocycles. The number of nitrogens with one attached hydrogen (secondary N) is 3. The molecule has 0 bridgehead atoms. The number of allylic oxidation sites excluding steroid dienone is 2. The monoisotopic (exact) mass is 1920 g/mol. The number of benzene rings is 5. The highest BCUT2D eigenvalue weighted by Crippen LogP contribution is 2.39. The number of esters is 2. The molecule has 0 radical (unpaired) electrons. The number of H-pyrrole nitrogens is 3. The van der Waals surface area contributed by atoms with Crippen molar-refractivity contribution in [1.29, 1.82) is 0 Å². The first-order valence-corrected chi connectivity index (χ1v) is 48.4. The highest BCUT2D eigenvalue weighted by Gasteiger charge is 2.30. The van der Waals surface area contributed by atoms with E-state index in [9.17, 15) is 19.8 Å². The van der Waals surface area contributed by atoms with Crippen LogP contribution >= 0.6 is 0 Å². The Morgan fingerprint density at radius 1 is 0.359 bits per heavy atom. The fourth-order valence-corrected chi connectivity index (χ4v) is 17.8. The van der Waals surface area contributed by atoms with Gasteiger partial charge in [-0.2, -0.15) is 24.9 Å². The number of imidazole rings is 5. The van der Waals surface area contributed by atoms with Gasteiger partial charge in [0.2, 0.25) is 29.7 Å². The quantitative estimate of drug-likeness (QED) is 0.0248. The predicted molar refractivity (Wildman–Crippen MR) is 543 cm³/mol. The van der Waals surface area contributed by atoms with Gasteiger partial charge in [-0.15, -0.1) is 13.2 Å². The summed E-state index contributed by atoms with van der Waals surface area (Å²) in [4.78, 5) is 116. The lowest BCUT2D eigenvalue weighted by molar-refractivity contribution is -0.144. The van der Waals surface area contributed by atoms with Crippen molar-refractivity contribution in [2.24, 2.45) is 5.92 Å². The summed E-state index contributed by atoms with van der Waals surface area (Å²) in [5, 5.41) is 23.3. The molecule has 18 heterocycles. The van der Waals surface area contributed by atoms with Gasteiger partial charge in [0.1, 0.15) is 67.6 Å². The lowest BCUT2D eigenvalue weighted by atomic mass is 10.1. The van der Waals surface area contributed by atoms with E-state index >= 15 is 0 Å². The fourth-order valence-electron chi connectivity index (χ4n) is 17.8. The number of aromatic amines is 3. The number of carbonyl (C=O) groups is 2. The number of aromatic nitrogens is 23. The van der Waals surface area contributed by atoms with Crippen LogP contribution in [0, 0.1) is 5.92 Å². The summed E-state index contributed by atoms with van der Waals surface area (Å²) in [5.41, 5.74) is 19.5. The van der Waals surface area contributed by atoms with E-state index in [1.54, 1.807) is 63.2 Å². The Labute approximate surface area is 816 Å². The number of hydrogen-bond donors (Lipinski definition) is 5. The van der Waals surface area contributed by atoms with Gasteiger partial charge in [-0.25, -0.2) is 49.8 Å². The Kier molecular flexibility index (Phi) is 28.9. The molecule has 39 nitrogen and oxygen atoms in total. The van der Waals surface area contributed by atoms with Gasteiger partial charge in [-0.3, -0.25) is 9.59 Å². The Bertz CT molecular complexity index is 7490. The van der Waals surface area contributed by atoms with Crippen molar-refractivity contribution < 1.29 is 53.0 Å². The molecule has 5 saturated heterocycles. The van der Waals surface area contributed by atoms with Crippen LogP contribution in [0.4, 0.5) is 29.7 Å². The number of carbonyl (C=O) groups excluding carboxylic acids is 2. The number of aryl methyl sites for hydroxylation is 4. The first-order valence-electron chi connectivity index (χ1n) is 48.4. The van der Waals surface area contributed by atoms with Crippen molar-refractivity contribution in [3.63, 3.8) is 0 Å². The number of nitrogens with zero attached hydrogens (tertiary/aromatic N) is 25. The van der Waals surface area contributed by atoms with E-state index in [-0.39, 0.29) is 36.3 Å². The molecule has 5 N–H and O–H groups in total. The topological polar surface area (TPSA) is 421 Å². The second kappa shape index (κ2) is 43.8. The maximum Gasteiger partial charge on any atom is 0.307 e. The second-order valence-electron chi connectivity index (χ2n) is 35.0. The Balaban J connectivity index is 0.000000109. The summed E-state index contributed by atoms with van der Waals surface area (Å²) in [6, 6.07) is 39.1. The van der Waals surface area contributed by atoms with Gasteiger partial charge in [-0.1, -0.05) is 72.8 Å². The van der Waals surface area contributed by atoms with Crippen molar-refractivity contribution in [1.82, 2.24) is 113 Å². The number of hydrogen-bond acceptors (Lipinski definition) is 31. The zero-order chi connectivity index (χ0) is 96.8. The summed E-state index contributed by atoms with van der Waals surface area (Å²) >= 11 is 0. The molecular weight excluding hydrogens is 1810 g/mol. The van der Waals surface area contributed by atoms with Crippen LogP contribution in [0.2, 0.25) is 0 Å². The van der Waals surface area contributed by atoms with Crippen molar-refractivity contribution >= 4 is 130 Å². The average Bonchev–Trinajstić information content (AvgIpc) is 1.62. The first kappa shape index (κ1) is 93.9. The summed E-state index contributed by atoms with van der Waals surface area (Å²) in [5.74, 6) is 4.03. The summed E-state index contributed by atoms with van der Waals surface area (Å²) in [7, 11) is 0. The van der Waals surface area contributed by atoms with E-state index in [2.05, 4.69) is 148 Å². The molecule has 0 atom stereocenters. The number of anilines is 5. The van der Waals surface area contributed by atoms with Crippen molar-refractivity contribution in [2.75, 3.05) is 169 Å². The van der Waals surface area contributed by atoms with Crippen LogP contribution in [-0.4, -0.2) is 279 Å². The van der Waals surface area contributed by atoms with Gasteiger partial charge in [-0.05, 0) is 122 Å². The van der Waals surface area contributed by atoms with Crippen LogP contribution in [0.3, 0.4) is 0 Å². The molecule has 24 rings (SSSR count). The number of ether oxygens (including phenoxy) is 7. The average molecular weight is 1920 g/mol. The van der Waals surface area contributed by atoms with Crippen molar-refractivity contribution in [3.05, 3.63) is 197 Å². The number of fused-ring (bicyclic) bond motifs is 8. The maximum atomic E-state index is 11.9. The smallest absolute Gasteiger partial charge is 0.307 e. The molecule has 6 fully saturated rings. The number of phenolic OH excluding ortho intramolecular Hbond substituents is 2. The molecule has 0 spiro atoms. The summed E-state index contributed by atoms with van der Waals surface area (Å²) in [6.07, 6.45) is 23.4. The van der Waals surface area contributed by atoms with Crippen molar-refractivity contribution in [3.8, 4) is 67.8 Å². The molecular formula is C103H112N28O11. The van der Waals surface area contributed by atoms with Gasteiger partial charge in [0.25, 0.3) is 0 Å². The fraction of sp³-hybridized carbons (Fsp3) is 0.350. The van der Waals surface area contributed by atoms with E-state index in [0.29, 0.717) is 151 Å². The summed E-state index contributed by atoms with van der Waals surface area (Å²) in [6.45, 7) is 29.6. The molecule has 0 unspecified atom stereocenters. The van der Waals surface area contributed by atoms with Gasteiger partial charge >= 0.3 is 11.9 Å².